The topological polar surface area (TPSA) is 49.8 Å². The Labute approximate surface area is 177 Å². The third-order valence-electron chi connectivity index (χ3n) is 4.75. The lowest BCUT2D eigenvalue weighted by Gasteiger charge is -2.28. The van der Waals surface area contributed by atoms with E-state index in [0.29, 0.717) is 6.61 Å². The number of rotatable bonds is 7. The fraction of sp³-hybridized carbons (Fsp3) is 0.318. The number of carboxylic acids is 1. The van der Waals surface area contributed by atoms with Crippen LogP contribution in [0.2, 0.25) is 5.02 Å². The predicted octanol–water partition coefficient (Wildman–Crippen LogP) is 5.01. The third kappa shape index (κ3) is 6.64. The Kier molecular flexibility index (Phi) is 9.00. The average Bonchev–Trinajstić information content (AvgIpc) is 2.68. The molecule has 4 nitrogen and oxygen atoms in total. The van der Waals surface area contributed by atoms with Gasteiger partial charge in [-0.1, -0.05) is 59.6 Å². The quantitative estimate of drug-likeness (QED) is 0.638. The van der Waals surface area contributed by atoms with Gasteiger partial charge in [-0.2, -0.15) is 0 Å². The average molecular weight is 422 g/mol. The van der Waals surface area contributed by atoms with Crippen LogP contribution >= 0.6 is 24.0 Å². The van der Waals surface area contributed by atoms with Crippen LogP contribution in [0.1, 0.15) is 18.4 Å². The first-order valence-electron chi connectivity index (χ1n) is 9.18. The molecule has 1 saturated heterocycles. The maximum atomic E-state index is 10.5. The summed E-state index contributed by atoms with van der Waals surface area (Å²) in [5.41, 5.74) is 5.05. The van der Waals surface area contributed by atoms with Crippen molar-refractivity contribution in [1.82, 2.24) is 4.90 Å². The second-order valence-electron chi connectivity index (χ2n) is 6.68. The number of carbonyl (C=O) groups is 1. The SMILES string of the molecule is Cl.O=C(O)COCCN1CCC(=Cc2ccccc2-c2ccc(Cl)cc2)CC1. The monoisotopic (exact) mass is 421 g/mol. The molecule has 28 heavy (non-hydrogen) atoms. The summed E-state index contributed by atoms with van der Waals surface area (Å²) in [7, 11) is 0. The van der Waals surface area contributed by atoms with Crippen LogP contribution in [0.3, 0.4) is 0 Å². The normalized spacial score (nSPS) is 14.4. The lowest BCUT2D eigenvalue weighted by Crippen LogP contribution is -2.33. The highest BCUT2D eigenvalue weighted by Gasteiger charge is 2.14. The number of nitrogens with zero attached hydrogens (tertiary/aromatic N) is 1. The molecule has 6 heteroatoms. The standard InChI is InChI=1S/C22H24ClNO3.ClH/c23-20-7-5-18(6-8-20)21-4-2-1-3-19(21)15-17-9-11-24(12-10-17)13-14-27-16-22(25)26;/h1-8,15H,9-14,16H2,(H,25,26);1H. The van der Waals surface area contributed by atoms with Gasteiger partial charge in [0.25, 0.3) is 0 Å². The molecule has 150 valence electrons. The number of aliphatic carboxylic acids is 1. The summed E-state index contributed by atoms with van der Waals surface area (Å²) in [6.45, 7) is 2.98. The van der Waals surface area contributed by atoms with Crippen LogP contribution in [-0.4, -0.2) is 48.8 Å². The van der Waals surface area contributed by atoms with Gasteiger partial charge in [0.1, 0.15) is 6.61 Å². The van der Waals surface area contributed by atoms with Gasteiger partial charge in [0.15, 0.2) is 0 Å². The molecule has 1 N–H and O–H groups in total. The van der Waals surface area contributed by atoms with Crippen molar-refractivity contribution in [2.24, 2.45) is 0 Å². The van der Waals surface area contributed by atoms with Gasteiger partial charge < -0.3 is 14.7 Å². The maximum Gasteiger partial charge on any atom is 0.329 e. The zero-order valence-corrected chi connectivity index (χ0v) is 17.2. The van der Waals surface area contributed by atoms with Gasteiger partial charge >= 0.3 is 5.97 Å². The number of piperidine rings is 1. The lowest BCUT2D eigenvalue weighted by molar-refractivity contribution is -0.142. The van der Waals surface area contributed by atoms with E-state index in [-0.39, 0.29) is 19.0 Å². The Morgan fingerprint density at radius 2 is 1.79 bits per heavy atom. The van der Waals surface area contributed by atoms with Gasteiger partial charge in [-0.15, -0.1) is 12.4 Å². The van der Waals surface area contributed by atoms with Crippen LogP contribution in [0.25, 0.3) is 17.2 Å². The van der Waals surface area contributed by atoms with Gasteiger partial charge in [-0.05, 0) is 41.7 Å². The Balaban J connectivity index is 0.00000280. The van der Waals surface area contributed by atoms with Gasteiger partial charge in [-0.3, -0.25) is 0 Å². The third-order valence-corrected chi connectivity index (χ3v) is 5.00. The number of halogens is 2. The highest BCUT2D eigenvalue weighted by molar-refractivity contribution is 6.30. The molecule has 0 aliphatic carbocycles. The Bertz CT molecular complexity index is 796. The number of ether oxygens (including phenoxy) is 1. The summed E-state index contributed by atoms with van der Waals surface area (Å²) in [6.07, 6.45) is 4.35. The van der Waals surface area contributed by atoms with Crippen molar-refractivity contribution in [3.63, 3.8) is 0 Å². The summed E-state index contributed by atoms with van der Waals surface area (Å²) in [5, 5.41) is 9.34. The van der Waals surface area contributed by atoms with E-state index in [2.05, 4.69) is 47.4 Å². The highest BCUT2D eigenvalue weighted by atomic mass is 35.5. The van der Waals surface area contributed by atoms with Crippen LogP contribution in [0.5, 0.6) is 0 Å². The first-order chi connectivity index (χ1) is 13.1. The number of carboxylic acid groups (broad SMARTS) is 1. The molecule has 1 fully saturated rings. The molecule has 1 heterocycles. The van der Waals surface area contributed by atoms with Crippen molar-refractivity contribution >= 4 is 36.1 Å². The summed E-state index contributed by atoms with van der Waals surface area (Å²) in [6, 6.07) is 16.4. The van der Waals surface area contributed by atoms with E-state index in [1.165, 1.54) is 22.3 Å². The first kappa shape index (κ1) is 22.4. The lowest BCUT2D eigenvalue weighted by atomic mass is 9.95. The first-order valence-corrected chi connectivity index (χ1v) is 9.56. The van der Waals surface area contributed by atoms with Crippen LogP contribution < -0.4 is 0 Å². The van der Waals surface area contributed by atoms with E-state index >= 15 is 0 Å². The number of benzene rings is 2. The van der Waals surface area contributed by atoms with E-state index in [1.54, 1.807) is 0 Å². The second-order valence-corrected chi connectivity index (χ2v) is 7.12. The molecule has 1 aliphatic rings. The fourth-order valence-corrected chi connectivity index (χ4v) is 3.42. The van der Waals surface area contributed by atoms with Crippen LogP contribution in [0.15, 0.2) is 54.1 Å². The predicted molar refractivity (Wildman–Crippen MR) is 116 cm³/mol. The minimum absolute atomic E-state index is 0. The molecule has 0 aromatic heterocycles. The summed E-state index contributed by atoms with van der Waals surface area (Å²) < 4.78 is 5.13. The van der Waals surface area contributed by atoms with Crippen molar-refractivity contribution in [1.29, 1.82) is 0 Å². The fourth-order valence-electron chi connectivity index (χ4n) is 3.30. The molecule has 2 aromatic rings. The number of likely N-dealkylation sites (tertiary alicyclic amines) is 1. The Morgan fingerprint density at radius 1 is 1.11 bits per heavy atom. The molecule has 3 rings (SSSR count). The smallest absolute Gasteiger partial charge is 0.329 e. The molecule has 1 aliphatic heterocycles. The van der Waals surface area contributed by atoms with Crippen LogP contribution in [0, 0.1) is 0 Å². The Morgan fingerprint density at radius 3 is 2.46 bits per heavy atom. The minimum Gasteiger partial charge on any atom is -0.480 e. The van der Waals surface area contributed by atoms with Crippen molar-refractivity contribution in [3.05, 3.63) is 64.7 Å². The van der Waals surface area contributed by atoms with Crippen molar-refractivity contribution in [3.8, 4) is 11.1 Å². The summed E-state index contributed by atoms with van der Waals surface area (Å²) in [5.74, 6) is -0.918. The van der Waals surface area contributed by atoms with Crippen LogP contribution in [0.4, 0.5) is 0 Å². The van der Waals surface area contributed by atoms with Gasteiger partial charge in [0.2, 0.25) is 0 Å². The number of hydrogen-bond acceptors (Lipinski definition) is 3. The molecular weight excluding hydrogens is 397 g/mol. The Hall–Kier alpha value is -1.85. The maximum absolute atomic E-state index is 10.5. The molecule has 0 unspecified atom stereocenters. The molecule has 0 atom stereocenters. The molecular formula is C22H25Cl2NO3. The van der Waals surface area contributed by atoms with E-state index in [4.69, 9.17) is 21.4 Å². The van der Waals surface area contributed by atoms with E-state index in [9.17, 15) is 4.79 Å². The van der Waals surface area contributed by atoms with Gasteiger partial charge in [0.05, 0.1) is 6.61 Å². The van der Waals surface area contributed by atoms with Crippen LogP contribution in [-0.2, 0) is 9.53 Å². The van der Waals surface area contributed by atoms with Crippen molar-refractivity contribution < 1.29 is 14.6 Å². The molecule has 0 amide bonds. The zero-order chi connectivity index (χ0) is 19.1. The molecule has 0 saturated carbocycles. The van der Waals surface area contributed by atoms with Crippen molar-refractivity contribution in [2.75, 3.05) is 32.8 Å². The van der Waals surface area contributed by atoms with Crippen molar-refractivity contribution in [2.45, 2.75) is 12.8 Å². The van der Waals surface area contributed by atoms with Gasteiger partial charge in [0, 0.05) is 24.7 Å². The minimum atomic E-state index is -0.918. The molecule has 0 bridgehead atoms. The second kappa shape index (κ2) is 11.2. The molecule has 2 aromatic carbocycles. The summed E-state index contributed by atoms with van der Waals surface area (Å²) in [4.78, 5) is 12.8. The van der Waals surface area contributed by atoms with E-state index in [0.717, 1.165) is 37.5 Å². The highest BCUT2D eigenvalue weighted by Crippen LogP contribution is 2.28. The van der Waals surface area contributed by atoms with E-state index < -0.39 is 5.97 Å². The van der Waals surface area contributed by atoms with E-state index in [1.807, 2.05) is 12.1 Å². The summed E-state index contributed by atoms with van der Waals surface area (Å²) >= 11 is 6.01. The molecule has 0 spiro atoms. The number of hydrogen-bond donors (Lipinski definition) is 1. The molecule has 0 radical (unpaired) electrons. The largest absolute Gasteiger partial charge is 0.480 e. The zero-order valence-electron chi connectivity index (χ0n) is 15.6. The van der Waals surface area contributed by atoms with Gasteiger partial charge in [-0.25, -0.2) is 4.79 Å².